The lowest BCUT2D eigenvalue weighted by molar-refractivity contribution is 0.266. The van der Waals surface area contributed by atoms with Crippen LogP contribution in [0.25, 0.3) is 16.9 Å². The molecule has 5 nitrogen and oxygen atoms in total. The molecule has 6 heteroatoms. The first-order valence-corrected chi connectivity index (χ1v) is 7.77. The van der Waals surface area contributed by atoms with E-state index in [9.17, 15) is 9.18 Å². The molecule has 0 unspecified atom stereocenters. The van der Waals surface area contributed by atoms with Crippen LogP contribution in [0.1, 0.15) is 18.2 Å². The van der Waals surface area contributed by atoms with E-state index in [1.165, 1.54) is 10.5 Å². The van der Waals surface area contributed by atoms with Gasteiger partial charge in [-0.2, -0.15) is 0 Å². The van der Waals surface area contributed by atoms with E-state index in [1.807, 2.05) is 0 Å². The lowest BCUT2D eigenvalue weighted by atomic mass is 10.1. The molecule has 0 saturated heterocycles. The summed E-state index contributed by atoms with van der Waals surface area (Å²) in [5, 5.41) is 0. The number of aromatic nitrogens is 3. The summed E-state index contributed by atoms with van der Waals surface area (Å²) >= 11 is 0. The first-order chi connectivity index (χ1) is 11.2. The van der Waals surface area contributed by atoms with Crippen LogP contribution in [0.4, 0.5) is 4.39 Å². The van der Waals surface area contributed by atoms with Crippen molar-refractivity contribution in [1.29, 1.82) is 0 Å². The van der Waals surface area contributed by atoms with Crippen molar-refractivity contribution in [2.24, 2.45) is 0 Å². The molecule has 0 amide bonds. The molecule has 1 aliphatic rings. The number of H-pyrrole nitrogens is 1. The molecule has 0 aliphatic carbocycles. The molecule has 3 aromatic rings. The Hall–Kier alpha value is -2.47. The van der Waals surface area contributed by atoms with Crippen LogP contribution >= 0.6 is 0 Å². The first kappa shape index (κ1) is 14.1. The number of nitrogens with zero attached hydrogens (tertiary/aromatic N) is 3. The van der Waals surface area contributed by atoms with Gasteiger partial charge in [-0.3, -0.25) is 9.30 Å². The second kappa shape index (κ2) is 5.31. The zero-order valence-electron chi connectivity index (χ0n) is 12.8. The summed E-state index contributed by atoms with van der Waals surface area (Å²) in [6.07, 6.45) is 2.41. The highest BCUT2D eigenvalue weighted by Crippen LogP contribution is 2.25. The van der Waals surface area contributed by atoms with E-state index < -0.39 is 0 Å². The third-order valence-corrected chi connectivity index (χ3v) is 4.47. The Labute approximate surface area is 132 Å². The van der Waals surface area contributed by atoms with E-state index >= 15 is 0 Å². The molecule has 4 rings (SSSR count). The molecule has 2 aromatic heterocycles. The van der Waals surface area contributed by atoms with Crippen LogP contribution in [-0.2, 0) is 13.0 Å². The van der Waals surface area contributed by atoms with E-state index in [2.05, 4.69) is 21.8 Å². The second-order valence-electron chi connectivity index (χ2n) is 5.81. The van der Waals surface area contributed by atoms with Crippen LogP contribution < -0.4 is 5.69 Å². The van der Waals surface area contributed by atoms with Gasteiger partial charge in [-0.15, -0.1) is 0 Å². The molecule has 0 saturated carbocycles. The smallest absolute Gasteiger partial charge is 0.310 e. The summed E-state index contributed by atoms with van der Waals surface area (Å²) in [5.41, 5.74) is 3.26. The van der Waals surface area contributed by atoms with E-state index in [0.717, 1.165) is 37.3 Å². The number of hydrogen-bond acceptors (Lipinski definition) is 3. The summed E-state index contributed by atoms with van der Waals surface area (Å²) in [5.74, 6) is -0.337. The van der Waals surface area contributed by atoms with Crippen LogP contribution in [0.15, 0.2) is 35.3 Å². The van der Waals surface area contributed by atoms with Gasteiger partial charge in [0.2, 0.25) is 0 Å². The number of halogens is 1. The molecule has 0 bridgehead atoms. The molecule has 0 atom stereocenters. The number of imidazole rings is 1. The summed E-state index contributed by atoms with van der Waals surface area (Å²) in [6.45, 7) is 4.74. The zero-order chi connectivity index (χ0) is 16.0. The van der Waals surface area contributed by atoms with Gasteiger partial charge >= 0.3 is 5.69 Å². The van der Waals surface area contributed by atoms with E-state index in [0.29, 0.717) is 16.9 Å². The summed E-state index contributed by atoms with van der Waals surface area (Å²) in [4.78, 5) is 22.1. The maximum atomic E-state index is 14.0. The predicted molar refractivity (Wildman–Crippen MR) is 85.9 cm³/mol. The monoisotopic (exact) mass is 312 g/mol. The van der Waals surface area contributed by atoms with Gasteiger partial charge in [-0.05, 0) is 18.7 Å². The summed E-state index contributed by atoms with van der Waals surface area (Å²) < 4.78 is 15.5. The Bertz CT molecular complexity index is 943. The highest BCUT2D eigenvalue weighted by Gasteiger charge is 2.21. The largest absolute Gasteiger partial charge is 0.331 e. The zero-order valence-corrected chi connectivity index (χ0v) is 12.8. The fourth-order valence-corrected chi connectivity index (χ4v) is 3.17. The fraction of sp³-hybridized carbons (Fsp3) is 0.294. The minimum atomic E-state index is -0.337. The van der Waals surface area contributed by atoms with Crippen molar-refractivity contribution in [3.63, 3.8) is 0 Å². The van der Waals surface area contributed by atoms with Crippen molar-refractivity contribution in [3.8, 4) is 11.3 Å². The molecule has 23 heavy (non-hydrogen) atoms. The Morgan fingerprint density at radius 3 is 2.96 bits per heavy atom. The van der Waals surface area contributed by atoms with Gasteiger partial charge in [0.15, 0.2) is 0 Å². The van der Waals surface area contributed by atoms with Crippen LogP contribution in [0.5, 0.6) is 0 Å². The first-order valence-electron chi connectivity index (χ1n) is 7.77. The fourth-order valence-electron chi connectivity index (χ4n) is 3.17. The van der Waals surface area contributed by atoms with Crippen molar-refractivity contribution in [3.05, 3.63) is 58.0 Å². The van der Waals surface area contributed by atoms with Crippen LogP contribution in [0.2, 0.25) is 0 Å². The Balaban J connectivity index is 1.94. The molecular weight excluding hydrogens is 295 g/mol. The van der Waals surface area contributed by atoms with Crippen molar-refractivity contribution >= 4 is 5.65 Å². The van der Waals surface area contributed by atoms with Crippen molar-refractivity contribution in [2.75, 3.05) is 13.1 Å². The number of aromatic amines is 1. The van der Waals surface area contributed by atoms with Crippen LogP contribution in [0, 0.1) is 5.82 Å². The summed E-state index contributed by atoms with van der Waals surface area (Å²) in [6, 6.07) is 6.48. The Morgan fingerprint density at radius 2 is 2.17 bits per heavy atom. The lowest BCUT2D eigenvalue weighted by Crippen LogP contribution is -2.33. The van der Waals surface area contributed by atoms with Gasteiger partial charge in [-0.25, -0.2) is 14.2 Å². The van der Waals surface area contributed by atoms with E-state index in [4.69, 9.17) is 0 Å². The number of nitrogens with one attached hydrogen (secondary N) is 1. The SMILES string of the molecule is CCN1CCc2[nH]c(=O)n3cc(-c4ccccc4F)nc3c2C1. The van der Waals surface area contributed by atoms with Crippen molar-refractivity contribution < 1.29 is 4.39 Å². The third kappa shape index (κ3) is 2.26. The number of fused-ring (bicyclic) bond motifs is 3. The molecular formula is C17H17FN4O. The number of hydrogen-bond donors (Lipinski definition) is 1. The van der Waals surface area contributed by atoms with Crippen molar-refractivity contribution in [1.82, 2.24) is 19.3 Å². The van der Waals surface area contributed by atoms with Gasteiger partial charge in [0.25, 0.3) is 0 Å². The highest BCUT2D eigenvalue weighted by molar-refractivity contribution is 5.65. The minimum Gasteiger partial charge on any atom is -0.310 e. The molecule has 1 aliphatic heterocycles. The molecule has 0 fully saturated rings. The second-order valence-corrected chi connectivity index (χ2v) is 5.81. The van der Waals surface area contributed by atoms with Crippen molar-refractivity contribution in [2.45, 2.75) is 19.9 Å². The van der Waals surface area contributed by atoms with Gasteiger partial charge in [-0.1, -0.05) is 19.1 Å². The van der Waals surface area contributed by atoms with E-state index in [-0.39, 0.29) is 11.5 Å². The average molecular weight is 312 g/mol. The van der Waals surface area contributed by atoms with Crippen LogP contribution in [0.3, 0.4) is 0 Å². The number of rotatable bonds is 2. The molecule has 1 aromatic carbocycles. The van der Waals surface area contributed by atoms with Gasteiger partial charge in [0.1, 0.15) is 11.5 Å². The number of likely N-dealkylation sites (N-methyl/N-ethyl adjacent to an activating group) is 1. The van der Waals surface area contributed by atoms with Gasteiger partial charge in [0.05, 0.1) is 5.69 Å². The number of benzene rings is 1. The molecule has 0 radical (unpaired) electrons. The topological polar surface area (TPSA) is 53.4 Å². The maximum Gasteiger partial charge on any atom is 0.331 e. The quantitative estimate of drug-likeness (QED) is 0.789. The maximum absolute atomic E-state index is 14.0. The third-order valence-electron chi connectivity index (χ3n) is 4.47. The van der Waals surface area contributed by atoms with E-state index in [1.54, 1.807) is 24.4 Å². The molecule has 0 spiro atoms. The average Bonchev–Trinajstić information content (AvgIpc) is 3.01. The minimum absolute atomic E-state index is 0.223. The van der Waals surface area contributed by atoms with Crippen LogP contribution in [-0.4, -0.2) is 32.4 Å². The Kier molecular flexibility index (Phi) is 3.27. The normalized spacial score (nSPS) is 15.0. The highest BCUT2D eigenvalue weighted by atomic mass is 19.1. The Morgan fingerprint density at radius 1 is 1.35 bits per heavy atom. The molecule has 3 heterocycles. The predicted octanol–water partition coefficient (Wildman–Crippen LogP) is 2.21. The van der Waals surface area contributed by atoms with Gasteiger partial charge < -0.3 is 4.98 Å². The standard InChI is InChI=1S/C17H17FN4O/c1-2-21-8-7-14-12(9-21)16-19-15(10-22(16)17(23)20-14)11-5-3-4-6-13(11)18/h3-6,10H,2,7-9H2,1H3,(H,20,23). The lowest BCUT2D eigenvalue weighted by Gasteiger charge is -2.27. The van der Waals surface area contributed by atoms with Gasteiger partial charge in [0, 0.05) is 42.5 Å². The molecule has 118 valence electrons. The summed E-state index contributed by atoms with van der Waals surface area (Å²) in [7, 11) is 0. The molecule has 1 N–H and O–H groups in total.